The Kier molecular flexibility index (Phi) is 3.92. The van der Waals surface area contributed by atoms with E-state index < -0.39 is 0 Å². The monoisotopic (exact) mass is 306 g/mol. The van der Waals surface area contributed by atoms with Crippen LogP contribution in [0.5, 0.6) is 0 Å². The Hall–Kier alpha value is -1.19. The normalized spacial score (nSPS) is 10.9. The third kappa shape index (κ3) is 3.38. The molecule has 0 bridgehead atoms. The van der Waals surface area contributed by atoms with Crippen LogP contribution in [0.1, 0.15) is 20.8 Å². The van der Waals surface area contributed by atoms with E-state index in [-0.39, 0.29) is 5.78 Å². The molecule has 0 unspecified atom stereocenters. The summed E-state index contributed by atoms with van der Waals surface area (Å²) in [5.41, 5.74) is 1.88. The van der Waals surface area contributed by atoms with Gasteiger partial charge in [-0.15, -0.1) is 11.3 Å². The molecule has 86 valence electrons. The Labute approximate surface area is 113 Å². The smallest absolute Gasteiger partial charge is 0.185 e. The summed E-state index contributed by atoms with van der Waals surface area (Å²) >= 11 is 5.00. The third-order valence-electron chi connectivity index (χ3n) is 2.33. The number of carbonyl (C=O) groups excluding carboxylic acids is 1. The fourth-order valence-electron chi connectivity index (χ4n) is 1.39. The number of halogens is 1. The van der Waals surface area contributed by atoms with Crippen LogP contribution in [-0.4, -0.2) is 5.78 Å². The molecule has 2 aromatic rings. The van der Waals surface area contributed by atoms with Gasteiger partial charge in [0, 0.05) is 10.4 Å². The number of benzene rings is 1. The summed E-state index contributed by atoms with van der Waals surface area (Å²) < 4.78 is 1.07. The molecule has 0 fully saturated rings. The Morgan fingerprint density at radius 1 is 1.18 bits per heavy atom. The van der Waals surface area contributed by atoms with Gasteiger partial charge in [0.25, 0.3) is 0 Å². The fraction of sp³-hybridized carbons (Fsp3) is 0.0714. The minimum Gasteiger partial charge on any atom is -0.289 e. The molecular formula is C14H11BrOS. The fourth-order valence-corrected chi connectivity index (χ4v) is 2.72. The summed E-state index contributed by atoms with van der Waals surface area (Å²) in [6, 6.07) is 11.6. The highest BCUT2D eigenvalue weighted by Gasteiger charge is 2.01. The Bertz CT molecular complexity index is 552. The van der Waals surface area contributed by atoms with E-state index in [0.29, 0.717) is 0 Å². The van der Waals surface area contributed by atoms with E-state index >= 15 is 0 Å². The van der Waals surface area contributed by atoms with Crippen LogP contribution < -0.4 is 0 Å². The van der Waals surface area contributed by atoms with Crippen molar-refractivity contribution in [2.45, 2.75) is 6.92 Å². The van der Waals surface area contributed by atoms with Crippen LogP contribution in [0.15, 0.2) is 46.3 Å². The number of thiophene rings is 1. The predicted molar refractivity (Wildman–Crippen MR) is 76.6 cm³/mol. The van der Waals surface area contributed by atoms with Gasteiger partial charge in [0.05, 0.1) is 3.79 Å². The highest BCUT2D eigenvalue weighted by molar-refractivity contribution is 9.11. The summed E-state index contributed by atoms with van der Waals surface area (Å²) in [5.74, 6) is 0.0366. The van der Waals surface area contributed by atoms with Gasteiger partial charge < -0.3 is 0 Å². The topological polar surface area (TPSA) is 17.1 Å². The molecule has 0 aliphatic heterocycles. The summed E-state index contributed by atoms with van der Waals surface area (Å²) in [7, 11) is 0. The number of ketones is 1. The molecule has 17 heavy (non-hydrogen) atoms. The van der Waals surface area contributed by atoms with E-state index in [4.69, 9.17) is 0 Å². The van der Waals surface area contributed by atoms with E-state index in [1.807, 2.05) is 49.4 Å². The molecule has 0 spiro atoms. The number of hydrogen-bond acceptors (Lipinski definition) is 2. The van der Waals surface area contributed by atoms with E-state index in [2.05, 4.69) is 15.9 Å². The molecule has 0 N–H and O–H groups in total. The second kappa shape index (κ2) is 5.43. The minimum atomic E-state index is 0.0366. The molecule has 2 rings (SSSR count). The molecule has 0 aliphatic rings. The van der Waals surface area contributed by atoms with E-state index in [9.17, 15) is 4.79 Å². The second-order valence-corrected chi connectivity index (χ2v) is 6.20. The Balaban J connectivity index is 2.11. The van der Waals surface area contributed by atoms with Gasteiger partial charge >= 0.3 is 0 Å². The first kappa shape index (κ1) is 12.3. The largest absolute Gasteiger partial charge is 0.289 e. The number of allylic oxidation sites excluding steroid dienone is 1. The first-order valence-corrected chi connectivity index (χ1v) is 6.80. The number of aryl methyl sites for hydroxylation is 1. The average molecular weight is 307 g/mol. The lowest BCUT2D eigenvalue weighted by atomic mass is 10.1. The first-order chi connectivity index (χ1) is 8.15. The van der Waals surface area contributed by atoms with Crippen LogP contribution in [0.2, 0.25) is 0 Å². The Morgan fingerprint density at radius 2 is 1.88 bits per heavy atom. The van der Waals surface area contributed by atoms with Gasteiger partial charge in [-0.05, 0) is 47.1 Å². The van der Waals surface area contributed by atoms with Crippen LogP contribution in [-0.2, 0) is 0 Å². The molecule has 0 saturated heterocycles. The highest BCUT2D eigenvalue weighted by atomic mass is 79.9. The molecule has 0 atom stereocenters. The summed E-state index contributed by atoms with van der Waals surface area (Å²) in [6.45, 7) is 2.01. The molecule has 1 heterocycles. The van der Waals surface area contributed by atoms with Crippen molar-refractivity contribution in [3.05, 3.63) is 62.3 Å². The number of rotatable bonds is 3. The standard InChI is InChI=1S/C14H11BrOS/c1-10-2-4-11(5-3-10)13(16)8-6-12-7-9-14(15)17-12/h2-9H,1H3. The van der Waals surface area contributed by atoms with Crippen molar-refractivity contribution < 1.29 is 4.79 Å². The number of hydrogen-bond donors (Lipinski definition) is 0. The third-order valence-corrected chi connectivity index (χ3v) is 3.92. The quantitative estimate of drug-likeness (QED) is 0.592. The highest BCUT2D eigenvalue weighted by Crippen LogP contribution is 2.23. The maximum Gasteiger partial charge on any atom is 0.185 e. The lowest BCUT2D eigenvalue weighted by Crippen LogP contribution is -1.93. The van der Waals surface area contributed by atoms with Crippen molar-refractivity contribution in [2.75, 3.05) is 0 Å². The van der Waals surface area contributed by atoms with E-state index in [1.54, 1.807) is 17.4 Å². The van der Waals surface area contributed by atoms with Crippen molar-refractivity contribution in [2.24, 2.45) is 0 Å². The minimum absolute atomic E-state index is 0.0366. The van der Waals surface area contributed by atoms with Gasteiger partial charge in [-0.1, -0.05) is 29.8 Å². The molecule has 0 amide bonds. The van der Waals surface area contributed by atoms with Crippen LogP contribution in [0.4, 0.5) is 0 Å². The molecule has 1 aromatic carbocycles. The first-order valence-electron chi connectivity index (χ1n) is 5.19. The zero-order chi connectivity index (χ0) is 12.3. The van der Waals surface area contributed by atoms with Crippen molar-refractivity contribution in [1.29, 1.82) is 0 Å². The van der Waals surface area contributed by atoms with Crippen LogP contribution in [0, 0.1) is 6.92 Å². The zero-order valence-electron chi connectivity index (χ0n) is 9.31. The molecule has 1 nitrogen and oxygen atoms in total. The molecular weight excluding hydrogens is 296 g/mol. The lowest BCUT2D eigenvalue weighted by Gasteiger charge is -1.96. The lowest BCUT2D eigenvalue weighted by molar-refractivity contribution is 0.104. The molecule has 0 aliphatic carbocycles. The molecule has 0 radical (unpaired) electrons. The second-order valence-electron chi connectivity index (χ2n) is 3.71. The van der Waals surface area contributed by atoms with Gasteiger partial charge in [0.1, 0.15) is 0 Å². The number of carbonyl (C=O) groups is 1. The van der Waals surface area contributed by atoms with Gasteiger partial charge in [0.15, 0.2) is 5.78 Å². The summed E-state index contributed by atoms with van der Waals surface area (Å²) in [6.07, 6.45) is 3.46. The van der Waals surface area contributed by atoms with Crippen molar-refractivity contribution in [1.82, 2.24) is 0 Å². The van der Waals surface area contributed by atoms with Crippen molar-refractivity contribution >= 4 is 39.1 Å². The molecule has 1 aromatic heterocycles. The predicted octanol–water partition coefficient (Wildman–Crippen LogP) is 4.72. The van der Waals surface area contributed by atoms with Crippen molar-refractivity contribution in [3.63, 3.8) is 0 Å². The van der Waals surface area contributed by atoms with Crippen LogP contribution in [0.25, 0.3) is 6.08 Å². The van der Waals surface area contributed by atoms with Gasteiger partial charge in [-0.2, -0.15) is 0 Å². The van der Waals surface area contributed by atoms with Crippen molar-refractivity contribution in [3.8, 4) is 0 Å². The maximum atomic E-state index is 11.8. The maximum absolute atomic E-state index is 11.8. The summed E-state index contributed by atoms with van der Waals surface area (Å²) in [4.78, 5) is 12.9. The molecule has 3 heteroatoms. The van der Waals surface area contributed by atoms with Gasteiger partial charge in [-0.25, -0.2) is 0 Å². The van der Waals surface area contributed by atoms with E-state index in [0.717, 1.165) is 19.8 Å². The SMILES string of the molecule is Cc1ccc(C(=O)C=Cc2ccc(Br)s2)cc1. The zero-order valence-corrected chi connectivity index (χ0v) is 11.7. The van der Waals surface area contributed by atoms with Gasteiger partial charge in [0.2, 0.25) is 0 Å². The molecule has 0 saturated carbocycles. The summed E-state index contributed by atoms with van der Waals surface area (Å²) in [5, 5.41) is 0. The van der Waals surface area contributed by atoms with Crippen LogP contribution >= 0.6 is 27.3 Å². The Morgan fingerprint density at radius 3 is 2.47 bits per heavy atom. The average Bonchev–Trinajstić information content (AvgIpc) is 2.73. The van der Waals surface area contributed by atoms with Crippen LogP contribution in [0.3, 0.4) is 0 Å². The van der Waals surface area contributed by atoms with Gasteiger partial charge in [-0.3, -0.25) is 4.79 Å². The van der Waals surface area contributed by atoms with E-state index in [1.165, 1.54) is 0 Å².